The number of nitrogens with two attached hydrogens (primary N) is 1. The number of hydrogen-bond donors (Lipinski definition) is 2. The van der Waals surface area contributed by atoms with Crippen LogP contribution in [0.15, 0.2) is 47.3 Å². The molecule has 1 unspecified atom stereocenters. The van der Waals surface area contributed by atoms with E-state index < -0.39 is 0 Å². The normalized spacial score (nSPS) is 12.6. The topological polar surface area (TPSA) is 51.2 Å². The third kappa shape index (κ3) is 3.41. The molecule has 0 bridgehead atoms. The fourth-order valence-corrected chi connectivity index (χ4v) is 1.83. The van der Waals surface area contributed by atoms with Gasteiger partial charge in [0, 0.05) is 6.04 Å². The van der Waals surface area contributed by atoms with Gasteiger partial charge in [-0.15, -0.1) is 0 Å². The molecule has 1 aromatic heterocycles. The van der Waals surface area contributed by atoms with Crippen molar-refractivity contribution >= 4 is 0 Å². The molecule has 0 saturated heterocycles. The van der Waals surface area contributed by atoms with Crippen LogP contribution in [0.5, 0.6) is 0 Å². The monoisotopic (exact) mass is 234 g/mol. The minimum Gasteiger partial charge on any atom is -0.472 e. The maximum absolute atomic E-state index is 13.0. The number of hydrazine groups is 1. The molecule has 0 aliphatic heterocycles. The Morgan fingerprint density at radius 2 is 2.06 bits per heavy atom. The summed E-state index contributed by atoms with van der Waals surface area (Å²) in [6.45, 7) is 0. The lowest BCUT2D eigenvalue weighted by Crippen LogP contribution is -2.38. The highest BCUT2D eigenvalue weighted by Crippen LogP contribution is 2.10. The largest absolute Gasteiger partial charge is 0.472 e. The summed E-state index contributed by atoms with van der Waals surface area (Å²) in [4.78, 5) is 0. The number of hydrogen-bond acceptors (Lipinski definition) is 3. The van der Waals surface area contributed by atoms with Gasteiger partial charge in [0.05, 0.1) is 12.5 Å². The summed E-state index contributed by atoms with van der Waals surface area (Å²) in [5.41, 5.74) is 4.74. The molecule has 0 fully saturated rings. The smallest absolute Gasteiger partial charge is 0.123 e. The molecule has 3 nitrogen and oxygen atoms in total. The van der Waals surface area contributed by atoms with Gasteiger partial charge >= 0.3 is 0 Å². The third-order valence-electron chi connectivity index (χ3n) is 2.67. The fourth-order valence-electron chi connectivity index (χ4n) is 1.83. The molecule has 0 spiro atoms. The number of halogens is 1. The Morgan fingerprint density at radius 1 is 1.24 bits per heavy atom. The number of benzene rings is 1. The summed E-state index contributed by atoms with van der Waals surface area (Å²) in [6.07, 6.45) is 4.75. The summed E-state index contributed by atoms with van der Waals surface area (Å²) in [5.74, 6) is 5.28. The SMILES string of the molecule is NNC(Cc1ccoc1)Cc1cccc(F)c1. The van der Waals surface area contributed by atoms with E-state index in [0.717, 1.165) is 17.5 Å². The van der Waals surface area contributed by atoms with E-state index >= 15 is 0 Å². The molecule has 2 aromatic rings. The molecule has 17 heavy (non-hydrogen) atoms. The lowest BCUT2D eigenvalue weighted by atomic mass is 10.0. The van der Waals surface area contributed by atoms with Crippen LogP contribution in [-0.2, 0) is 12.8 Å². The van der Waals surface area contributed by atoms with Crippen molar-refractivity contribution in [1.82, 2.24) is 5.43 Å². The number of nitrogens with one attached hydrogen (secondary N) is 1. The Balaban J connectivity index is 2.00. The first kappa shape index (κ1) is 11.8. The maximum atomic E-state index is 13.0. The molecule has 0 aliphatic carbocycles. The van der Waals surface area contributed by atoms with Crippen molar-refractivity contribution in [1.29, 1.82) is 0 Å². The van der Waals surface area contributed by atoms with Gasteiger partial charge in [-0.1, -0.05) is 12.1 Å². The second-order valence-corrected chi connectivity index (χ2v) is 4.03. The summed E-state index contributed by atoms with van der Waals surface area (Å²) in [5, 5.41) is 0. The van der Waals surface area contributed by atoms with Gasteiger partial charge in [-0.05, 0) is 42.2 Å². The van der Waals surface area contributed by atoms with Gasteiger partial charge in [0.2, 0.25) is 0 Å². The molecule has 1 aromatic carbocycles. The van der Waals surface area contributed by atoms with Crippen LogP contribution in [-0.4, -0.2) is 6.04 Å². The van der Waals surface area contributed by atoms with E-state index in [4.69, 9.17) is 10.3 Å². The second kappa shape index (κ2) is 5.61. The van der Waals surface area contributed by atoms with Crippen molar-refractivity contribution in [3.63, 3.8) is 0 Å². The molecule has 2 rings (SSSR count). The van der Waals surface area contributed by atoms with E-state index in [0.29, 0.717) is 6.42 Å². The zero-order valence-corrected chi connectivity index (χ0v) is 9.40. The molecule has 4 heteroatoms. The predicted molar refractivity (Wildman–Crippen MR) is 63.6 cm³/mol. The van der Waals surface area contributed by atoms with Crippen LogP contribution in [0.2, 0.25) is 0 Å². The Morgan fingerprint density at radius 3 is 2.71 bits per heavy atom. The van der Waals surface area contributed by atoms with Gasteiger partial charge in [0.1, 0.15) is 5.82 Å². The van der Waals surface area contributed by atoms with E-state index in [1.54, 1.807) is 18.6 Å². The Bertz CT molecular complexity index is 456. The Hall–Kier alpha value is -1.65. The van der Waals surface area contributed by atoms with Gasteiger partial charge in [-0.25, -0.2) is 4.39 Å². The molecule has 0 radical (unpaired) electrons. The minimum absolute atomic E-state index is 0.0643. The van der Waals surface area contributed by atoms with Crippen LogP contribution >= 0.6 is 0 Å². The molecule has 0 aliphatic rings. The average Bonchev–Trinajstić information content (AvgIpc) is 2.81. The van der Waals surface area contributed by atoms with Crippen LogP contribution in [0.3, 0.4) is 0 Å². The zero-order valence-electron chi connectivity index (χ0n) is 9.40. The molecule has 90 valence electrons. The number of furan rings is 1. The molecule has 0 saturated carbocycles. The van der Waals surface area contributed by atoms with Gasteiger partial charge in [0.25, 0.3) is 0 Å². The van der Waals surface area contributed by atoms with Crippen LogP contribution in [0.4, 0.5) is 4.39 Å². The molecule has 1 atom stereocenters. The summed E-state index contributed by atoms with van der Waals surface area (Å²) in [6, 6.07) is 8.52. The quantitative estimate of drug-likeness (QED) is 0.615. The zero-order chi connectivity index (χ0) is 12.1. The minimum atomic E-state index is -0.221. The first-order valence-electron chi connectivity index (χ1n) is 5.49. The van der Waals surface area contributed by atoms with Gasteiger partial charge in [0.15, 0.2) is 0 Å². The molecule has 3 N–H and O–H groups in total. The average molecular weight is 234 g/mol. The predicted octanol–water partition coefficient (Wildman–Crippen LogP) is 2.04. The van der Waals surface area contributed by atoms with Crippen LogP contribution in [0.1, 0.15) is 11.1 Å². The van der Waals surface area contributed by atoms with Crippen LogP contribution in [0.25, 0.3) is 0 Å². The van der Waals surface area contributed by atoms with Gasteiger partial charge in [-0.2, -0.15) is 0 Å². The van der Waals surface area contributed by atoms with Crippen LogP contribution in [0, 0.1) is 5.82 Å². The van der Waals surface area contributed by atoms with E-state index in [1.165, 1.54) is 12.1 Å². The second-order valence-electron chi connectivity index (χ2n) is 4.03. The maximum Gasteiger partial charge on any atom is 0.123 e. The van der Waals surface area contributed by atoms with Crippen molar-refractivity contribution in [2.45, 2.75) is 18.9 Å². The lowest BCUT2D eigenvalue weighted by Gasteiger charge is -2.14. The Kier molecular flexibility index (Phi) is 3.90. The van der Waals surface area contributed by atoms with Crippen molar-refractivity contribution < 1.29 is 8.81 Å². The molecule has 0 amide bonds. The van der Waals surface area contributed by atoms with Gasteiger partial charge in [-0.3, -0.25) is 11.3 Å². The lowest BCUT2D eigenvalue weighted by molar-refractivity contribution is 0.513. The standard InChI is InChI=1S/C13H15FN2O/c14-12-3-1-2-10(6-12)7-13(16-15)8-11-4-5-17-9-11/h1-6,9,13,16H,7-8,15H2. The first-order chi connectivity index (χ1) is 8.28. The third-order valence-corrected chi connectivity index (χ3v) is 2.67. The van der Waals surface area contributed by atoms with E-state index in [1.807, 2.05) is 12.1 Å². The van der Waals surface area contributed by atoms with Gasteiger partial charge < -0.3 is 4.42 Å². The highest BCUT2D eigenvalue weighted by molar-refractivity contribution is 5.18. The highest BCUT2D eigenvalue weighted by atomic mass is 19.1. The van der Waals surface area contributed by atoms with Crippen LogP contribution < -0.4 is 11.3 Å². The summed E-state index contributed by atoms with van der Waals surface area (Å²) < 4.78 is 18.0. The Labute approximate surface area is 99.4 Å². The van der Waals surface area contributed by atoms with E-state index in [9.17, 15) is 4.39 Å². The summed E-state index contributed by atoms with van der Waals surface area (Å²) in [7, 11) is 0. The number of rotatable bonds is 5. The van der Waals surface area contributed by atoms with Crippen molar-refractivity contribution in [3.8, 4) is 0 Å². The van der Waals surface area contributed by atoms with E-state index in [2.05, 4.69) is 5.43 Å². The molecular weight excluding hydrogens is 219 g/mol. The fraction of sp³-hybridized carbons (Fsp3) is 0.231. The highest BCUT2D eigenvalue weighted by Gasteiger charge is 2.10. The van der Waals surface area contributed by atoms with Crippen molar-refractivity contribution in [3.05, 3.63) is 59.8 Å². The van der Waals surface area contributed by atoms with Crippen molar-refractivity contribution in [2.24, 2.45) is 5.84 Å². The summed E-state index contributed by atoms with van der Waals surface area (Å²) >= 11 is 0. The molecule has 1 heterocycles. The first-order valence-corrected chi connectivity index (χ1v) is 5.49. The molecular formula is C13H15FN2O. The van der Waals surface area contributed by atoms with Crippen molar-refractivity contribution in [2.75, 3.05) is 0 Å². The van der Waals surface area contributed by atoms with E-state index in [-0.39, 0.29) is 11.9 Å².